The SMILES string of the molecule is Cc1cccc(N2CCN(C(=O)C3CCN(C(=O)NC4CC4)CC3)CC2)c1. The van der Waals surface area contributed by atoms with Crippen molar-refractivity contribution in [3.63, 3.8) is 0 Å². The molecule has 2 saturated heterocycles. The largest absolute Gasteiger partial charge is 0.368 e. The molecule has 6 heteroatoms. The number of piperidine rings is 1. The molecule has 146 valence electrons. The third-order valence-corrected chi connectivity index (χ3v) is 5.99. The number of benzene rings is 1. The van der Waals surface area contributed by atoms with Crippen molar-refractivity contribution in [1.29, 1.82) is 0 Å². The maximum Gasteiger partial charge on any atom is 0.317 e. The summed E-state index contributed by atoms with van der Waals surface area (Å²) in [6.45, 7) is 6.84. The number of nitrogens with zero attached hydrogens (tertiary/aromatic N) is 3. The van der Waals surface area contributed by atoms with Crippen LogP contribution in [0.1, 0.15) is 31.2 Å². The summed E-state index contributed by atoms with van der Waals surface area (Å²) in [4.78, 5) is 31.3. The standard InChI is InChI=1S/C21H30N4O2/c1-16-3-2-4-19(15-16)23-11-13-24(14-12-23)20(26)17-7-9-25(10-8-17)21(27)22-18-5-6-18/h2-4,15,17-18H,5-14H2,1H3,(H,22,27). The van der Waals surface area contributed by atoms with Crippen LogP contribution in [0.4, 0.5) is 10.5 Å². The molecular weight excluding hydrogens is 340 g/mol. The van der Waals surface area contributed by atoms with Gasteiger partial charge in [0.2, 0.25) is 5.91 Å². The van der Waals surface area contributed by atoms with E-state index in [9.17, 15) is 9.59 Å². The molecule has 3 fully saturated rings. The number of hydrogen-bond acceptors (Lipinski definition) is 3. The van der Waals surface area contributed by atoms with Gasteiger partial charge < -0.3 is 20.0 Å². The lowest BCUT2D eigenvalue weighted by molar-refractivity contribution is -0.137. The molecule has 1 N–H and O–H groups in total. The number of piperazine rings is 1. The minimum Gasteiger partial charge on any atom is -0.368 e. The Kier molecular flexibility index (Phi) is 5.23. The van der Waals surface area contributed by atoms with E-state index >= 15 is 0 Å². The van der Waals surface area contributed by atoms with Crippen molar-refractivity contribution in [2.75, 3.05) is 44.2 Å². The van der Waals surface area contributed by atoms with Crippen LogP contribution >= 0.6 is 0 Å². The molecule has 1 aromatic carbocycles. The second-order valence-electron chi connectivity index (χ2n) is 8.14. The summed E-state index contributed by atoms with van der Waals surface area (Å²) in [5.74, 6) is 0.349. The van der Waals surface area contributed by atoms with E-state index in [2.05, 4.69) is 41.4 Å². The summed E-state index contributed by atoms with van der Waals surface area (Å²) < 4.78 is 0. The zero-order valence-electron chi connectivity index (χ0n) is 16.2. The number of nitrogens with one attached hydrogen (secondary N) is 1. The smallest absolute Gasteiger partial charge is 0.317 e. The number of rotatable bonds is 3. The van der Waals surface area contributed by atoms with E-state index in [1.165, 1.54) is 11.3 Å². The molecule has 3 amide bonds. The fourth-order valence-corrected chi connectivity index (χ4v) is 4.09. The first-order chi connectivity index (χ1) is 13.1. The zero-order valence-corrected chi connectivity index (χ0v) is 16.2. The molecule has 0 radical (unpaired) electrons. The van der Waals surface area contributed by atoms with E-state index in [1.807, 2.05) is 9.80 Å². The number of carbonyl (C=O) groups excluding carboxylic acids is 2. The molecule has 0 aromatic heterocycles. The van der Waals surface area contributed by atoms with Crippen LogP contribution in [0.5, 0.6) is 0 Å². The van der Waals surface area contributed by atoms with Crippen molar-refractivity contribution in [2.24, 2.45) is 5.92 Å². The van der Waals surface area contributed by atoms with Gasteiger partial charge in [0, 0.05) is 56.9 Å². The normalized spacial score (nSPS) is 21.3. The first-order valence-corrected chi connectivity index (χ1v) is 10.3. The highest BCUT2D eigenvalue weighted by Gasteiger charge is 2.33. The van der Waals surface area contributed by atoms with Gasteiger partial charge in [-0.25, -0.2) is 4.79 Å². The van der Waals surface area contributed by atoms with Crippen molar-refractivity contribution < 1.29 is 9.59 Å². The van der Waals surface area contributed by atoms with Gasteiger partial charge in [-0.1, -0.05) is 12.1 Å². The van der Waals surface area contributed by atoms with E-state index in [4.69, 9.17) is 0 Å². The molecule has 27 heavy (non-hydrogen) atoms. The Labute approximate surface area is 161 Å². The Morgan fingerprint density at radius 2 is 1.63 bits per heavy atom. The number of urea groups is 1. The van der Waals surface area contributed by atoms with Crippen LogP contribution in [-0.2, 0) is 4.79 Å². The van der Waals surface area contributed by atoms with E-state index < -0.39 is 0 Å². The van der Waals surface area contributed by atoms with Gasteiger partial charge in [-0.15, -0.1) is 0 Å². The number of amides is 3. The lowest BCUT2D eigenvalue weighted by Crippen LogP contribution is -2.52. The quantitative estimate of drug-likeness (QED) is 0.888. The van der Waals surface area contributed by atoms with Crippen molar-refractivity contribution in [3.05, 3.63) is 29.8 Å². The van der Waals surface area contributed by atoms with Crippen LogP contribution in [0.2, 0.25) is 0 Å². The van der Waals surface area contributed by atoms with E-state index in [-0.39, 0.29) is 17.9 Å². The van der Waals surface area contributed by atoms with Crippen molar-refractivity contribution >= 4 is 17.6 Å². The van der Waals surface area contributed by atoms with Crippen LogP contribution in [-0.4, -0.2) is 67.0 Å². The fraction of sp³-hybridized carbons (Fsp3) is 0.619. The monoisotopic (exact) mass is 370 g/mol. The molecule has 2 heterocycles. The van der Waals surface area contributed by atoms with Crippen LogP contribution in [0.15, 0.2) is 24.3 Å². The van der Waals surface area contributed by atoms with Crippen LogP contribution in [0, 0.1) is 12.8 Å². The third-order valence-electron chi connectivity index (χ3n) is 5.99. The summed E-state index contributed by atoms with van der Waals surface area (Å²) in [7, 11) is 0. The van der Waals surface area contributed by atoms with Crippen LogP contribution in [0.3, 0.4) is 0 Å². The molecule has 2 aliphatic heterocycles. The molecule has 0 bridgehead atoms. The van der Waals surface area contributed by atoms with Crippen molar-refractivity contribution in [3.8, 4) is 0 Å². The van der Waals surface area contributed by atoms with Crippen molar-refractivity contribution in [1.82, 2.24) is 15.1 Å². The van der Waals surface area contributed by atoms with E-state index in [0.29, 0.717) is 19.1 Å². The average molecular weight is 370 g/mol. The minimum atomic E-state index is 0.0511. The minimum absolute atomic E-state index is 0.0511. The predicted molar refractivity (Wildman–Crippen MR) is 106 cm³/mol. The molecule has 1 aliphatic carbocycles. The topological polar surface area (TPSA) is 55.9 Å². The maximum absolute atomic E-state index is 12.9. The van der Waals surface area contributed by atoms with Gasteiger partial charge in [-0.3, -0.25) is 4.79 Å². The number of aryl methyl sites for hydroxylation is 1. The van der Waals surface area contributed by atoms with Gasteiger partial charge in [0.05, 0.1) is 0 Å². The second kappa shape index (κ2) is 7.79. The Hall–Kier alpha value is -2.24. The van der Waals surface area contributed by atoms with Gasteiger partial charge in [-0.05, 0) is 50.3 Å². The first-order valence-electron chi connectivity index (χ1n) is 10.3. The highest BCUT2D eigenvalue weighted by atomic mass is 16.2. The molecule has 6 nitrogen and oxygen atoms in total. The number of carbonyl (C=O) groups is 2. The van der Waals surface area contributed by atoms with Gasteiger partial charge in [0.15, 0.2) is 0 Å². The predicted octanol–water partition coefficient (Wildman–Crippen LogP) is 2.23. The molecule has 0 spiro atoms. The average Bonchev–Trinajstić information content (AvgIpc) is 3.52. The summed E-state index contributed by atoms with van der Waals surface area (Å²) in [6, 6.07) is 9.00. The molecular formula is C21H30N4O2. The summed E-state index contributed by atoms with van der Waals surface area (Å²) in [5.41, 5.74) is 2.51. The lowest BCUT2D eigenvalue weighted by Gasteiger charge is -2.39. The molecule has 0 unspecified atom stereocenters. The summed E-state index contributed by atoms with van der Waals surface area (Å²) in [6.07, 6.45) is 3.79. The molecule has 0 atom stereocenters. The van der Waals surface area contributed by atoms with E-state index in [1.54, 1.807) is 0 Å². The fourth-order valence-electron chi connectivity index (χ4n) is 4.09. The van der Waals surface area contributed by atoms with E-state index in [0.717, 1.165) is 51.9 Å². The number of likely N-dealkylation sites (tertiary alicyclic amines) is 1. The highest BCUT2D eigenvalue weighted by Crippen LogP contribution is 2.24. The van der Waals surface area contributed by atoms with Gasteiger partial charge in [-0.2, -0.15) is 0 Å². The van der Waals surface area contributed by atoms with Crippen LogP contribution < -0.4 is 10.2 Å². The third kappa shape index (κ3) is 4.37. The van der Waals surface area contributed by atoms with Gasteiger partial charge >= 0.3 is 6.03 Å². The lowest BCUT2D eigenvalue weighted by atomic mass is 9.95. The Morgan fingerprint density at radius 3 is 2.26 bits per heavy atom. The first kappa shape index (κ1) is 18.1. The Morgan fingerprint density at radius 1 is 0.926 bits per heavy atom. The maximum atomic E-state index is 12.9. The summed E-state index contributed by atoms with van der Waals surface area (Å²) >= 11 is 0. The second-order valence-corrected chi connectivity index (χ2v) is 8.14. The van der Waals surface area contributed by atoms with Crippen LogP contribution in [0.25, 0.3) is 0 Å². The van der Waals surface area contributed by atoms with Crippen molar-refractivity contribution in [2.45, 2.75) is 38.6 Å². The highest BCUT2D eigenvalue weighted by molar-refractivity contribution is 5.80. The number of hydrogen-bond donors (Lipinski definition) is 1. The Bertz CT molecular complexity index is 687. The molecule has 3 aliphatic rings. The zero-order chi connectivity index (χ0) is 18.8. The van der Waals surface area contributed by atoms with Gasteiger partial charge in [0.1, 0.15) is 0 Å². The molecule has 4 rings (SSSR count). The van der Waals surface area contributed by atoms with Gasteiger partial charge in [0.25, 0.3) is 0 Å². The Balaban J connectivity index is 1.24. The summed E-state index contributed by atoms with van der Waals surface area (Å²) in [5, 5.41) is 3.04. The number of anilines is 1. The molecule has 1 saturated carbocycles. The molecule has 1 aromatic rings.